The van der Waals surface area contributed by atoms with Crippen LogP contribution < -0.4 is 15.4 Å². The van der Waals surface area contributed by atoms with Crippen LogP contribution in [0, 0.1) is 0 Å². The summed E-state index contributed by atoms with van der Waals surface area (Å²) in [7, 11) is 0. The molecular formula is C12H12ClF2N3O3. The number of urea groups is 1. The van der Waals surface area contributed by atoms with Crippen molar-refractivity contribution in [3.63, 3.8) is 0 Å². The Morgan fingerprint density at radius 3 is 2.86 bits per heavy atom. The molecule has 0 aliphatic carbocycles. The predicted octanol–water partition coefficient (Wildman–Crippen LogP) is 1.91. The highest BCUT2D eigenvalue weighted by Gasteiger charge is 2.25. The number of nitrogens with one attached hydrogen (secondary N) is 2. The fourth-order valence-electron chi connectivity index (χ4n) is 1.79. The van der Waals surface area contributed by atoms with Crippen molar-refractivity contribution in [1.29, 1.82) is 0 Å². The summed E-state index contributed by atoms with van der Waals surface area (Å²) in [5, 5.41) is 5.27. The summed E-state index contributed by atoms with van der Waals surface area (Å²) in [6, 6.07) is 3.64. The van der Waals surface area contributed by atoms with E-state index in [0.29, 0.717) is 18.8 Å². The number of halogens is 3. The molecule has 1 saturated heterocycles. The molecule has 0 bridgehead atoms. The zero-order valence-corrected chi connectivity index (χ0v) is 11.5. The van der Waals surface area contributed by atoms with Gasteiger partial charge in [-0.2, -0.15) is 8.78 Å². The lowest BCUT2D eigenvalue weighted by molar-refractivity contribution is -0.125. The van der Waals surface area contributed by atoms with E-state index < -0.39 is 18.5 Å². The molecule has 0 spiro atoms. The third kappa shape index (κ3) is 3.94. The molecule has 2 rings (SSSR count). The maximum Gasteiger partial charge on any atom is 0.387 e. The standard InChI is InChI=1S/C12H12ClF2N3O3/c13-8-5-7(1-2-9(8)21-11(14)15)17-6-10(19)18-4-3-16-12(18)20/h1-2,5,11,17H,3-4,6H2,(H,16,20). The number of amides is 3. The molecule has 3 amide bonds. The minimum absolute atomic E-state index is 0.00772. The van der Waals surface area contributed by atoms with Crippen molar-refractivity contribution in [2.45, 2.75) is 6.61 Å². The van der Waals surface area contributed by atoms with E-state index >= 15 is 0 Å². The van der Waals surface area contributed by atoms with Crippen molar-refractivity contribution in [3.8, 4) is 5.75 Å². The molecule has 1 aromatic carbocycles. The SMILES string of the molecule is O=C(CNc1ccc(OC(F)F)c(Cl)c1)N1CCNC1=O. The number of rotatable bonds is 5. The van der Waals surface area contributed by atoms with Crippen molar-refractivity contribution in [2.24, 2.45) is 0 Å². The zero-order chi connectivity index (χ0) is 15.4. The van der Waals surface area contributed by atoms with Crippen LogP contribution in [0.4, 0.5) is 19.3 Å². The Labute approximate surface area is 124 Å². The number of anilines is 1. The van der Waals surface area contributed by atoms with E-state index in [4.69, 9.17) is 11.6 Å². The highest BCUT2D eigenvalue weighted by Crippen LogP contribution is 2.28. The van der Waals surface area contributed by atoms with Gasteiger partial charge < -0.3 is 15.4 Å². The maximum atomic E-state index is 12.1. The minimum Gasteiger partial charge on any atom is -0.433 e. The molecule has 0 unspecified atom stereocenters. The summed E-state index contributed by atoms with van der Waals surface area (Å²) in [6.07, 6.45) is 0. The molecule has 114 valence electrons. The largest absolute Gasteiger partial charge is 0.433 e. The molecule has 1 aliphatic heterocycles. The average Bonchev–Trinajstić information content (AvgIpc) is 2.85. The van der Waals surface area contributed by atoms with E-state index in [1.165, 1.54) is 18.2 Å². The van der Waals surface area contributed by atoms with E-state index in [2.05, 4.69) is 15.4 Å². The summed E-state index contributed by atoms with van der Waals surface area (Å²) in [5.41, 5.74) is 0.453. The van der Waals surface area contributed by atoms with E-state index in [9.17, 15) is 18.4 Å². The molecule has 0 atom stereocenters. The van der Waals surface area contributed by atoms with E-state index in [1.54, 1.807) is 0 Å². The lowest BCUT2D eigenvalue weighted by Crippen LogP contribution is -2.37. The maximum absolute atomic E-state index is 12.1. The first kappa shape index (κ1) is 15.3. The highest BCUT2D eigenvalue weighted by atomic mass is 35.5. The number of carbonyl (C=O) groups excluding carboxylic acids is 2. The zero-order valence-electron chi connectivity index (χ0n) is 10.7. The van der Waals surface area contributed by atoms with Crippen molar-refractivity contribution >= 4 is 29.2 Å². The van der Waals surface area contributed by atoms with E-state index in [-0.39, 0.29) is 17.3 Å². The van der Waals surface area contributed by atoms with Gasteiger partial charge in [-0.1, -0.05) is 11.6 Å². The molecular weight excluding hydrogens is 308 g/mol. The van der Waals surface area contributed by atoms with Crippen LogP contribution in [0.25, 0.3) is 0 Å². The van der Waals surface area contributed by atoms with E-state index in [1.807, 2.05) is 0 Å². The van der Waals surface area contributed by atoms with Gasteiger partial charge in [0.1, 0.15) is 5.75 Å². The lowest BCUT2D eigenvalue weighted by atomic mass is 10.3. The summed E-state index contributed by atoms with van der Waals surface area (Å²) >= 11 is 5.78. The summed E-state index contributed by atoms with van der Waals surface area (Å²) in [6.45, 7) is -2.33. The van der Waals surface area contributed by atoms with Crippen LogP contribution >= 0.6 is 11.6 Å². The number of imide groups is 1. The molecule has 1 heterocycles. The Morgan fingerprint density at radius 1 is 1.52 bits per heavy atom. The first-order valence-electron chi connectivity index (χ1n) is 6.04. The third-order valence-electron chi connectivity index (χ3n) is 2.75. The Bertz CT molecular complexity index is 557. The summed E-state index contributed by atoms with van der Waals surface area (Å²) in [4.78, 5) is 24.1. The van der Waals surface area contributed by atoms with Gasteiger partial charge >= 0.3 is 12.6 Å². The normalized spacial score (nSPS) is 14.3. The van der Waals surface area contributed by atoms with Gasteiger partial charge in [0.15, 0.2) is 0 Å². The molecule has 0 aromatic heterocycles. The van der Waals surface area contributed by atoms with E-state index in [0.717, 1.165) is 4.90 Å². The van der Waals surface area contributed by atoms with Crippen molar-refractivity contribution in [1.82, 2.24) is 10.2 Å². The van der Waals surface area contributed by atoms with Crippen molar-refractivity contribution < 1.29 is 23.1 Å². The van der Waals surface area contributed by atoms with Crippen LogP contribution in [-0.4, -0.2) is 43.1 Å². The summed E-state index contributed by atoms with van der Waals surface area (Å²) < 4.78 is 28.4. The minimum atomic E-state index is -2.96. The number of alkyl halides is 2. The monoisotopic (exact) mass is 319 g/mol. The van der Waals surface area contributed by atoms with Gasteiger partial charge in [0, 0.05) is 18.8 Å². The molecule has 6 nitrogen and oxygen atoms in total. The van der Waals surface area contributed by atoms with Crippen LogP contribution in [-0.2, 0) is 4.79 Å². The quantitative estimate of drug-likeness (QED) is 0.869. The predicted molar refractivity (Wildman–Crippen MR) is 71.7 cm³/mol. The Balaban J connectivity index is 1.93. The van der Waals surface area contributed by atoms with Gasteiger partial charge in [-0.3, -0.25) is 9.69 Å². The molecule has 0 saturated carbocycles. The van der Waals surface area contributed by atoms with Gasteiger partial charge in [-0.25, -0.2) is 4.79 Å². The number of ether oxygens (including phenoxy) is 1. The van der Waals surface area contributed by atoms with Gasteiger partial charge in [-0.15, -0.1) is 0 Å². The summed E-state index contributed by atoms with van der Waals surface area (Å²) in [5.74, 6) is -0.545. The van der Waals surface area contributed by atoms with Crippen molar-refractivity contribution in [2.75, 3.05) is 25.0 Å². The number of carbonyl (C=O) groups is 2. The Morgan fingerprint density at radius 2 is 2.29 bits per heavy atom. The second kappa shape index (κ2) is 6.57. The second-order valence-electron chi connectivity index (χ2n) is 4.15. The number of hydrogen-bond acceptors (Lipinski definition) is 4. The first-order chi connectivity index (χ1) is 9.97. The van der Waals surface area contributed by atoms with Crippen LogP contribution in [0.5, 0.6) is 5.75 Å². The fourth-order valence-corrected chi connectivity index (χ4v) is 2.01. The highest BCUT2D eigenvalue weighted by molar-refractivity contribution is 6.32. The van der Waals surface area contributed by atoms with Gasteiger partial charge in [-0.05, 0) is 18.2 Å². The topological polar surface area (TPSA) is 70.7 Å². The van der Waals surface area contributed by atoms with Gasteiger partial charge in [0.2, 0.25) is 5.91 Å². The molecule has 1 fully saturated rings. The lowest BCUT2D eigenvalue weighted by Gasteiger charge is -2.14. The van der Waals surface area contributed by atoms with Gasteiger partial charge in [0.05, 0.1) is 11.6 Å². The average molecular weight is 320 g/mol. The molecule has 21 heavy (non-hydrogen) atoms. The molecule has 1 aliphatic rings. The number of benzene rings is 1. The molecule has 9 heteroatoms. The van der Waals surface area contributed by atoms with Crippen LogP contribution in [0.3, 0.4) is 0 Å². The molecule has 1 aromatic rings. The third-order valence-corrected chi connectivity index (χ3v) is 3.04. The Hall–Kier alpha value is -2.09. The molecule has 0 radical (unpaired) electrons. The fraction of sp³-hybridized carbons (Fsp3) is 0.333. The van der Waals surface area contributed by atoms with Crippen LogP contribution in [0.1, 0.15) is 0 Å². The number of nitrogens with zero attached hydrogens (tertiary/aromatic N) is 1. The number of hydrogen-bond donors (Lipinski definition) is 2. The van der Waals surface area contributed by atoms with Crippen LogP contribution in [0.2, 0.25) is 5.02 Å². The molecule has 2 N–H and O–H groups in total. The van der Waals surface area contributed by atoms with Crippen molar-refractivity contribution in [3.05, 3.63) is 23.2 Å². The Kier molecular flexibility index (Phi) is 4.79. The van der Waals surface area contributed by atoms with Gasteiger partial charge in [0.25, 0.3) is 0 Å². The van der Waals surface area contributed by atoms with Crippen LogP contribution in [0.15, 0.2) is 18.2 Å². The smallest absolute Gasteiger partial charge is 0.387 e. The second-order valence-corrected chi connectivity index (χ2v) is 4.56. The first-order valence-corrected chi connectivity index (χ1v) is 6.41.